The van der Waals surface area contributed by atoms with E-state index in [-0.39, 0.29) is 5.82 Å². The fraction of sp³-hybridized carbons (Fsp3) is 0.417. The van der Waals surface area contributed by atoms with E-state index in [9.17, 15) is 4.39 Å². The number of rotatable bonds is 1. The van der Waals surface area contributed by atoms with Gasteiger partial charge in [0.1, 0.15) is 5.52 Å². The van der Waals surface area contributed by atoms with Crippen molar-refractivity contribution in [2.45, 2.75) is 34.2 Å². The number of benzene rings is 1. The third kappa shape index (κ3) is 2.05. The van der Waals surface area contributed by atoms with Crippen molar-refractivity contribution in [1.29, 1.82) is 0 Å². The molecule has 0 radical (unpaired) electrons. The van der Waals surface area contributed by atoms with Crippen LogP contribution in [0.3, 0.4) is 0 Å². The van der Waals surface area contributed by atoms with Gasteiger partial charge in [0.2, 0.25) is 0 Å². The van der Waals surface area contributed by atoms with E-state index in [1.165, 1.54) is 0 Å². The van der Waals surface area contributed by atoms with Gasteiger partial charge in [0.25, 0.3) is 0 Å². The fourth-order valence-corrected chi connectivity index (χ4v) is 1.66. The van der Waals surface area contributed by atoms with Crippen LogP contribution in [0.25, 0.3) is 11.0 Å². The number of hydrogen-bond donors (Lipinski definition) is 0. The second-order valence-corrected chi connectivity index (χ2v) is 3.60. The molecule has 1 aromatic carbocycles. The Morgan fingerprint density at radius 3 is 2.62 bits per heavy atom. The van der Waals surface area contributed by atoms with Gasteiger partial charge in [0.05, 0.1) is 11.8 Å². The van der Waals surface area contributed by atoms with Gasteiger partial charge in [-0.3, -0.25) is 0 Å². The highest BCUT2D eigenvalue weighted by Gasteiger charge is 2.12. The average molecular weight is 243 g/mol. The van der Waals surface area contributed by atoms with Crippen LogP contribution in [0.1, 0.15) is 26.3 Å². The SMILES string of the molecule is CC.CCn1cnc2c(F)c(C)c(Cl)cc21. The predicted molar refractivity (Wildman–Crippen MR) is 66.5 cm³/mol. The van der Waals surface area contributed by atoms with Gasteiger partial charge in [-0.2, -0.15) is 0 Å². The van der Waals surface area contributed by atoms with Gasteiger partial charge in [0, 0.05) is 17.1 Å². The molecular weight excluding hydrogens is 227 g/mol. The minimum absolute atomic E-state index is 0.320. The average Bonchev–Trinajstić information content (AvgIpc) is 2.71. The van der Waals surface area contributed by atoms with Crippen molar-refractivity contribution in [2.24, 2.45) is 0 Å². The van der Waals surface area contributed by atoms with Crippen LogP contribution in [0.4, 0.5) is 4.39 Å². The number of aryl methyl sites for hydroxylation is 1. The summed E-state index contributed by atoms with van der Waals surface area (Å²) < 4.78 is 15.5. The molecule has 0 aliphatic carbocycles. The van der Waals surface area contributed by atoms with Crippen molar-refractivity contribution in [3.05, 3.63) is 28.8 Å². The van der Waals surface area contributed by atoms with Crippen molar-refractivity contribution in [3.8, 4) is 0 Å². The summed E-state index contributed by atoms with van der Waals surface area (Å²) in [6, 6.07) is 1.76. The van der Waals surface area contributed by atoms with E-state index >= 15 is 0 Å². The van der Waals surface area contributed by atoms with Gasteiger partial charge in [-0.05, 0) is 19.9 Å². The van der Waals surface area contributed by atoms with Gasteiger partial charge in [-0.25, -0.2) is 9.37 Å². The van der Waals surface area contributed by atoms with E-state index < -0.39 is 0 Å². The fourth-order valence-electron chi connectivity index (χ4n) is 1.47. The highest BCUT2D eigenvalue weighted by atomic mass is 35.5. The Labute approximate surface area is 100 Å². The summed E-state index contributed by atoms with van der Waals surface area (Å²) in [5, 5.41) is 0.449. The Balaban J connectivity index is 0.000000606. The normalized spacial score (nSPS) is 10.1. The molecule has 2 nitrogen and oxygen atoms in total. The highest BCUT2D eigenvalue weighted by Crippen LogP contribution is 2.26. The van der Waals surface area contributed by atoms with Crippen molar-refractivity contribution >= 4 is 22.6 Å². The lowest BCUT2D eigenvalue weighted by atomic mass is 10.2. The van der Waals surface area contributed by atoms with E-state index in [1.807, 2.05) is 25.3 Å². The molecule has 0 amide bonds. The van der Waals surface area contributed by atoms with Crippen LogP contribution in [-0.4, -0.2) is 9.55 Å². The first-order chi connectivity index (χ1) is 7.65. The van der Waals surface area contributed by atoms with Crippen molar-refractivity contribution in [3.63, 3.8) is 0 Å². The van der Waals surface area contributed by atoms with Gasteiger partial charge < -0.3 is 4.57 Å². The molecule has 0 bridgehead atoms. The standard InChI is InChI=1S/C10H10ClFN2.C2H6/c1-3-14-5-13-10-8(14)4-7(11)6(2)9(10)12;1-2/h4-5H,3H2,1-2H3;1-2H3. The number of imidazole rings is 1. The first kappa shape index (κ1) is 13.0. The maximum absolute atomic E-state index is 13.6. The zero-order valence-corrected chi connectivity index (χ0v) is 10.8. The topological polar surface area (TPSA) is 17.8 Å². The summed E-state index contributed by atoms with van der Waals surface area (Å²) in [6.07, 6.45) is 1.63. The molecule has 0 saturated heterocycles. The van der Waals surface area contributed by atoms with Crippen LogP contribution in [0, 0.1) is 12.7 Å². The molecule has 4 heteroatoms. The van der Waals surface area contributed by atoms with Crippen LogP contribution in [-0.2, 0) is 6.54 Å². The molecule has 0 saturated carbocycles. The summed E-state index contributed by atoms with van der Waals surface area (Å²) in [6.45, 7) is 8.39. The van der Waals surface area contributed by atoms with Crippen LogP contribution in [0.5, 0.6) is 0 Å². The summed E-state index contributed by atoms with van der Waals surface area (Å²) in [5.41, 5.74) is 1.61. The molecule has 0 aliphatic rings. The Morgan fingerprint density at radius 1 is 1.44 bits per heavy atom. The van der Waals surface area contributed by atoms with Gasteiger partial charge in [0.15, 0.2) is 5.82 Å². The Hall–Kier alpha value is -1.09. The minimum atomic E-state index is -0.320. The maximum Gasteiger partial charge on any atom is 0.155 e. The number of hydrogen-bond acceptors (Lipinski definition) is 1. The molecule has 0 unspecified atom stereocenters. The number of fused-ring (bicyclic) bond motifs is 1. The van der Waals surface area contributed by atoms with Crippen molar-refractivity contribution < 1.29 is 4.39 Å². The zero-order chi connectivity index (χ0) is 12.3. The van der Waals surface area contributed by atoms with E-state index in [4.69, 9.17) is 11.6 Å². The lowest BCUT2D eigenvalue weighted by Crippen LogP contribution is -1.92. The lowest BCUT2D eigenvalue weighted by molar-refractivity contribution is 0.628. The van der Waals surface area contributed by atoms with Crippen LogP contribution < -0.4 is 0 Å². The maximum atomic E-state index is 13.6. The van der Waals surface area contributed by atoms with Crippen LogP contribution >= 0.6 is 11.6 Å². The molecule has 88 valence electrons. The highest BCUT2D eigenvalue weighted by molar-refractivity contribution is 6.32. The lowest BCUT2D eigenvalue weighted by Gasteiger charge is -2.03. The summed E-state index contributed by atoms with van der Waals surface area (Å²) in [4.78, 5) is 4.02. The molecule has 0 atom stereocenters. The molecule has 16 heavy (non-hydrogen) atoms. The van der Waals surface area contributed by atoms with E-state index in [1.54, 1.807) is 19.3 Å². The van der Waals surface area contributed by atoms with Crippen molar-refractivity contribution in [2.75, 3.05) is 0 Å². The summed E-state index contributed by atoms with van der Waals surface area (Å²) in [5.74, 6) is -0.320. The largest absolute Gasteiger partial charge is 0.331 e. The minimum Gasteiger partial charge on any atom is -0.331 e. The summed E-state index contributed by atoms with van der Waals surface area (Å²) in [7, 11) is 0. The molecule has 0 fully saturated rings. The number of aromatic nitrogens is 2. The molecule has 2 rings (SSSR count). The van der Waals surface area contributed by atoms with Gasteiger partial charge >= 0.3 is 0 Å². The predicted octanol–water partition coefficient (Wildman–Crippen LogP) is 4.18. The van der Waals surface area contributed by atoms with E-state index in [0.29, 0.717) is 16.1 Å². The zero-order valence-electron chi connectivity index (χ0n) is 10.0. The molecule has 0 spiro atoms. The number of nitrogens with zero attached hydrogens (tertiary/aromatic N) is 2. The van der Waals surface area contributed by atoms with E-state index in [0.717, 1.165) is 12.1 Å². The Bertz CT molecular complexity index is 491. The van der Waals surface area contributed by atoms with Crippen LogP contribution in [0.15, 0.2) is 12.4 Å². The monoisotopic (exact) mass is 242 g/mol. The Morgan fingerprint density at radius 2 is 2.06 bits per heavy atom. The third-order valence-corrected chi connectivity index (χ3v) is 2.77. The third-order valence-electron chi connectivity index (χ3n) is 2.38. The molecule has 2 aromatic rings. The quantitative estimate of drug-likeness (QED) is 0.734. The Kier molecular flexibility index (Phi) is 4.30. The molecular formula is C12H16ClFN2. The van der Waals surface area contributed by atoms with E-state index in [2.05, 4.69) is 4.98 Å². The molecule has 1 aromatic heterocycles. The summed E-state index contributed by atoms with van der Waals surface area (Å²) >= 11 is 5.90. The van der Waals surface area contributed by atoms with Gasteiger partial charge in [-0.15, -0.1) is 0 Å². The first-order valence-corrected chi connectivity index (χ1v) is 5.82. The molecule has 0 aliphatic heterocycles. The van der Waals surface area contributed by atoms with Crippen molar-refractivity contribution in [1.82, 2.24) is 9.55 Å². The smallest absolute Gasteiger partial charge is 0.155 e. The second kappa shape index (κ2) is 5.30. The first-order valence-electron chi connectivity index (χ1n) is 5.44. The van der Waals surface area contributed by atoms with Crippen LogP contribution in [0.2, 0.25) is 5.02 Å². The van der Waals surface area contributed by atoms with Gasteiger partial charge in [-0.1, -0.05) is 25.4 Å². The number of halogens is 2. The molecule has 0 N–H and O–H groups in total. The second-order valence-electron chi connectivity index (χ2n) is 3.20. The molecule has 1 heterocycles.